The summed E-state index contributed by atoms with van der Waals surface area (Å²) in [6.07, 6.45) is 1.06. The molecule has 4 nitrogen and oxygen atoms in total. The van der Waals surface area contributed by atoms with E-state index in [2.05, 4.69) is 57.3 Å². The van der Waals surface area contributed by atoms with Gasteiger partial charge < -0.3 is 10.2 Å². The van der Waals surface area contributed by atoms with E-state index in [0.717, 1.165) is 17.7 Å². The molecule has 1 saturated heterocycles. The largest absolute Gasteiger partial charge is 0.347 e. The Morgan fingerprint density at radius 3 is 2.38 bits per heavy atom. The minimum Gasteiger partial charge on any atom is -0.347 e. The highest BCUT2D eigenvalue weighted by molar-refractivity contribution is 8.13. The highest BCUT2D eigenvalue weighted by Crippen LogP contribution is 2.23. The monoisotopic (exact) mass is 348 g/mol. The lowest BCUT2D eigenvalue weighted by Crippen LogP contribution is -2.40. The Labute approximate surface area is 149 Å². The van der Waals surface area contributed by atoms with Crippen LogP contribution in [-0.4, -0.2) is 34.9 Å². The van der Waals surface area contributed by atoms with Crippen molar-refractivity contribution >= 4 is 22.9 Å². The summed E-state index contributed by atoms with van der Waals surface area (Å²) in [6.45, 7) is 9.44. The van der Waals surface area contributed by atoms with E-state index in [9.17, 15) is 9.59 Å². The molecule has 24 heavy (non-hydrogen) atoms. The first kappa shape index (κ1) is 18.8. The molecule has 1 aromatic carbocycles. The summed E-state index contributed by atoms with van der Waals surface area (Å²) in [5.74, 6) is 1.61. The zero-order valence-corrected chi connectivity index (χ0v) is 15.9. The topological polar surface area (TPSA) is 49.4 Å². The molecule has 0 bridgehead atoms. The molecule has 2 rings (SSSR count). The standard InChI is InChI=1S/C19H28N2O2S/c1-13(2)11-15-5-7-16(8-6-15)18(14(3)4)20-17(22)12-21-9-10-24-19(21)23/h5-8,13-14,18H,9-12H2,1-4H3,(H,20,22). The molecule has 1 N–H and O–H groups in total. The van der Waals surface area contributed by atoms with Gasteiger partial charge in [-0.25, -0.2) is 0 Å². The molecule has 1 atom stereocenters. The SMILES string of the molecule is CC(C)Cc1ccc(C(NC(=O)CN2CCSC2=O)C(C)C)cc1. The third-order valence-electron chi connectivity index (χ3n) is 4.15. The molecule has 0 saturated carbocycles. The van der Waals surface area contributed by atoms with E-state index < -0.39 is 0 Å². The van der Waals surface area contributed by atoms with Gasteiger partial charge in [-0.3, -0.25) is 9.59 Å². The fraction of sp³-hybridized carbons (Fsp3) is 0.579. The van der Waals surface area contributed by atoms with Crippen molar-refractivity contribution in [3.8, 4) is 0 Å². The van der Waals surface area contributed by atoms with Crippen molar-refractivity contribution in [2.24, 2.45) is 11.8 Å². The van der Waals surface area contributed by atoms with Gasteiger partial charge in [0.15, 0.2) is 0 Å². The molecule has 1 aromatic rings. The maximum atomic E-state index is 12.3. The summed E-state index contributed by atoms with van der Waals surface area (Å²) in [5, 5.41) is 3.10. The van der Waals surface area contributed by atoms with Crippen LogP contribution in [0.3, 0.4) is 0 Å². The summed E-state index contributed by atoms with van der Waals surface area (Å²) >= 11 is 1.28. The van der Waals surface area contributed by atoms with Crippen molar-refractivity contribution in [1.29, 1.82) is 0 Å². The van der Waals surface area contributed by atoms with Gasteiger partial charge in [-0.15, -0.1) is 0 Å². The predicted molar refractivity (Wildman–Crippen MR) is 100 cm³/mol. The number of hydrogen-bond donors (Lipinski definition) is 1. The molecular weight excluding hydrogens is 320 g/mol. The first-order valence-corrected chi connectivity index (χ1v) is 9.65. The zero-order chi connectivity index (χ0) is 17.7. The van der Waals surface area contributed by atoms with E-state index in [1.54, 1.807) is 4.90 Å². The van der Waals surface area contributed by atoms with Gasteiger partial charge in [0.25, 0.3) is 5.24 Å². The smallest absolute Gasteiger partial charge is 0.282 e. The van der Waals surface area contributed by atoms with E-state index in [-0.39, 0.29) is 29.7 Å². The van der Waals surface area contributed by atoms with E-state index >= 15 is 0 Å². The van der Waals surface area contributed by atoms with Gasteiger partial charge in [-0.2, -0.15) is 0 Å². The molecule has 1 aliphatic rings. The first-order chi connectivity index (χ1) is 11.4. The predicted octanol–water partition coefficient (Wildman–Crippen LogP) is 3.87. The van der Waals surface area contributed by atoms with Gasteiger partial charge in [-0.05, 0) is 29.4 Å². The van der Waals surface area contributed by atoms with Crippen LogP contribution in [-0.2, 0) is 11.2 Å². The van der Waals surface area contributed by atoms with Crippen LogP contribution in [0.5, 0.6) is 0 Å². The molecule has 1 heterocycles. The number of amides is 2. The Morgan fingerprint density at radius 1 is 1.21 bits per heavy atom. The number of carbonyl (C=O) groups excluding carboxylic acids is 2. The van der Waals surface area contributed by atoms with Crippen molar-refractivity contribution in [1.82, 2.24) is 10.2 Å². The van der Waals surface area contributed by atoms with Crippen LogP contribution in [0.15, 0.2) is 24.3 Å². The van der Waals surface area contributed by atoms with Gasteiger partial charge in [0, 0.05) is 12.3 Å². The van der Waals surface area contributed by atoms with Gasteiger partial charge in [0.1, 0.15) is 6.54 Å². The van der Waals surface area contributed by atoms with Crippen LogP contribution >= 0.6 is 11.8 Å². The second kappa shape index (κ2) is 8.56. The summed E-state index contributed by atoms with van der Waals surface area (Å²) in [6, 6.07) is 8.49. The van der Waals surface area contributed by atoms with Gasteiger partial charge >= 0.3 is 0 Å². The lowest BCUT2D eigenvalue weighted by Gasteiger charge is -2.24. The molecule has 5 heteroatoms. The Morgan fingerprint density at radius 2 is 1.88 bits per heavy atom. The van der Waals surface area contributed by atoms with Crippen LogP contribution in [0.1, 0.15) is 44.9 Å². The molecule has 132 valence electrons. The minimum atomic E-state index is -0.0872. The second-order valence-electron chi connectivity index (χ2n) is 7.16. The Balaban J connectivity index is 2.00. The molecule has 0 spiro atoms. The number of nitrogens with one attached hydrogen (secondary N) is 1. The molecule has 0 aromatic heterocycles. The minimum absolute atomic E-state index is 0.00397. The van der Waals surface area contributed by atoms with Crippen LogP contribution in [0, 0.1) is 11.8 Å². The van der Waals surface area contributed by atoms with Gasteiger partial charge in [0.05, 0.1) is 6.04 Å². The van der Waals surface area contributed by atoms with E-state index in [0.29, 0.717) is 12.5 Å². The lowest BCUT2D eigenvalue weighted by molar-refractivity contribution is -0.122. The first-order valence-electron chi connectivity index (χ1n) is 8.66. The number of benzene rings is 1. The summed E-state index contributed by atoms with van der Waals surface area (Å²) in [5.41, 5.74) is 2.44. The van der Waals surface area contributed by atoms with E-state index in [1.807, 2.05) is 0 Å². The van der Waals surface area contributed by atoms with Gasteiger partial charge in [-0.1, -0.05) is 63.7 Å². The molecule has 0 radical (unpaired) electrons. The third-order valence-corrected chi connectivity index (χ3v) is 5.04. The van der Waals surface area contributed by atoms with Crippen molar-refractivity contribution in [2.75, 3.05) is 18.8 Å². The Bertz CT molecular complexity index is 569. The maximum absolute atomic E-state index is 12.3. The number of hydrogen-bond acceptors (Lipinski definition) is 3. The fourth-order valence-corrected chi connectivity index (χ4v) is 3.75. The number of carbonyl (C=O) groups is 2. The van der Waals surface area contributed by atoms with E-state index in [4.69, 9.17) is 0 Å². The molecule has 1 aliphatic heterocycles. The Kier molecular flexibility index (Phi) is 6.72. The average molecular weight is 349 g/mol. The summed E-state index contributed by atoms with van der Waals surface area (Å²) in [4.78, 5) is 25.6. The number of nitrogens with zero attached hydrogens (tertiary/aromatic N) is 1. The zero-order valence-electron chi connectivity index (χ0n) is 15.0. The second-order valence-corrected chi connectivity index (χ2v) is 8.21. The quantitative estimate of drug-likeness (QED) is 0.814. The average Bonchev–Trinajstić information content (AvgIpc) is 2.90. The van der Waals surface area contributed by atoms with Crippen LogP contribution < -0.4 is 5.32 Å². The van der Waals surface area contributed by atoms with Crippen LogP contribution in [0.2, 0.25) is 0 Å². The van der Waals surface area contributed by atoms with E-state index in [1.165, 1.54) is 17.3 Å². The summed E-state index contributed by atoms with van der Waals surface area (Å²) < 4.78 is 0. The Hall–Kier alpha value is -1.49. The molecular formula is C19H28N2O2S. The normalized spacial score (nSPS) is 16.1. The number of rotatable bonds is 7. The molecule has 0 aliphatic carbocycles. The lowest BCUT2D eigenvalue weighted by atomic mass is 9.93. The van der Waals surface area contributed by atoms with Gasteiger partial charge in [0.2, 0.25) is 5.91 Å². The summed E-state index contributed by atoms with van der Waals surface area (Å²) in [7, 11) is 0. The fourth-order valence-electron chi connectivity index (χ4n) is 2.93. The van der Waals surface area contributed by atoms with Crippen molar-refractivity contribution < 1.29 is 9.59 Å². The third kappa shape index (κ3) is 5.26. The highest BCUT2D eigenvalue weighted by Gasteiger charge is 2.25. The molecule has 1 fully saturated rings. The highest BCUT2D eigenvalue weighted by atomic mass is 32.2. The van der Waals surface area contributed by atoms with Crippen LogP contribution in [0.4, 0.5) is 4.79 Å². The molecule has 2 amide bonds. The van der Waals surface area contributed by atoms with Crippen molar-refractivity contribution in [2.45, 2.75) is 40.2 Å². The van der Waals surface area contributed by atoms with Crippen molar-refractivity contribution in [3.63, 3.8) is 0 Å². The van der Waals surface area contributed by atoms with Crippen molar-refractivity contribution in [3.05, 3.63) is 35.4 Å². The van der Waals surface area contributed by atoms with Crippen LogP contribution in [0.25, 0.3) is 0 Å². The maximum Gasteiger partial charge on any atom is 0.282 e. The molecule has 1 unspecified atom stereocenters. The number of thioether (sulfide) groups is 1.